The second-order valence-corrected chi connectivity index (χ2v) is 4.44. The van der Waals surface area contributed by atoms with Crippen LogP contribution in [0.2, 0.25) is 0 Å². The van der Waals surface area contributed by atoms with Crippen LogP contribution in [-0.2, 0) is 0 Å². The third-order valence-corrected chi connectivity index (χ3v) is 3.20. The van der Waals surface area contributed by atoms with E-state index in [0.29, 0.717) is 11.3 Å². The molecule has 0 saturated carbocycles. The van der Waals surface area contributed by atoms with Gasteiger partial charge in [-0.1, -0.05) is 48.5 Å². The Kier molecular flexibility index (Phi) is 3.05. The van der Waals surface area contributed by atoms with Crippen molar-refractivity contribution in [1.29, 1.82) is 5.53 Å². The molecular weight excluding hydrogens is 250 g/mol. The third kappa shape index (κ3) is 2.07. The van der Waals surface area contributed by atoms with Gasteiger partial charge in [0.15, 0.2) is 5.88 Å². The van der Waals surface area contributed by atoms with E-state index in [4.69, 9.17) is 5.53 Å². The molecule has 0 bridgehead atoms. The first kappa shape index (κ1) is 12.2. The lowest BCUT2D eigenvalue weighted by Gasteiger charge is -2.00. The van der Waals surface area contributed by atoms with Crippen molar-refractivity contribution in [2.45, 2.75) is 0 Å². The number of aromatic nitrogens is 1. The van der Waals surface area contributed by atoms with Crippen LogP contribution in [0.3, 0.4) is 0 Å². The molecule has 1 aromatic heterocycles. The summed E-state index contributed by atoms with van der Waals surface area (Å²) >= 11 is 0. The first-order valence-electron chi connectivity index (χ1n) is 6.24. The van der Waals surface area contributed by atoms with E-state index in [1.165, 1.54) is 0 Å². The van der Waals surface area contributed by atoms with Crippen LogP contribution < -0.4 is 0 Å². The predicted molar refractivity (Wildman–Crippen MR) is 79.4 cm³/mol. The average molecular weight is 263 g/mol. The van der Waals surface area contributed by atoms with Crippen LogP contribution in [0.4, 0.5) is 0 Å². The fourth-order valence-electron chi connectivity index (χ4n) is 2.22. The van der Waals surface area contributed by atoms with E-state index >= 15 is 0 Å². The highest BCUT2D eigenvalue weighted by Crippen LogP contribution is 2.31. The molecule has 3 N–H and O–H groups in total. The summed E-state index contributed by atoms with van der Waals surface area (Å²) in [7, 11) is 0. The first-order valence-corrected chi connectivity index (χ1v) is 6.24. The smallest absolute Gasteiger partial charge is 0.196 e. The van der Waals surface area contributed by atoms with Crippen LogP contribution in [-0.4, -0.2) is 10.1 Å². The van der Waals surface area contributed by atoms with Gasteiger partial charge in [0.25, 0.3) is 0 Å². The van der Waals surface area contributed by atoms with E-state index in [0.717, 1.165) is 16.5 Å². The van der Waals surface area contributed by atoms with Crippen molar-refractivity contribution >= 4 is 22.7 Å². The van der Waals surface area contributed by atoms with Crippen molar-refractivity contribution in [2.75, 3.05) is 0 Å². The Bertz CT molecular complexity index is 788. The highest BCUT2D eigenvalue weighted by Gasteiger charge is 2.10. The van der Waals surface area contributed by atoms with E-state index in [-0.39, 0.29) is 5.88 Å². The Morgan fingerprint density at radius 1 is 1.05 bits per heavy atom. The van der Waals surface area contributed by atoms with Crippen LogP contribution in [0.15, 0.2) is 59.7 Å². The van der Waals surface area contributed by atoms with Gasteiger partial charge in [-0.05, 0) is 12.1 Å². The molecule has 4 heteroatoms. The minimum Gasteiger partial charge on any atom is -0.494 e. The van der Waals surface area contributed by atoms with Gasteiger partial charge in [0, 0.05) is 22.0 Å². The largest absolute Gasteiger partial charge is 0.494 e. The molecule has 98 valence electrons. The summed E-state index contributed by atoms with van der Waals surface area (Å²) < 4.78 is 0. The maximum absolute atomic E-state index is 10.0. The summed E-state index contributed by atoms with van der Waals surface area (Å²) in [5.74, 6) is 0.0864. The molecule has 0 fully saturated rings. The predicted octanol–water partition coefficient (Wildman–Crippen LogP) is 4.40. The van der Waals surface area contributed by atoms with Gasteiger partial charge in [-0.2, -0.15) is 5.11 Å². The molecular formula is C16H13N3O. The van der Waals surface area contributed by atoms with Gasteiger partial charge in [-0.3, -0.25) is 0 Å². The van der Waals surface area contributed by atoms with Gasteiger partial charge >= 0.3 is 0 Å². The highest BCUT2D eigenvalue weighted by molar-refractivity contribution is 5.96. The Morgan fingerprint density at radius 2 is 1.75 bits per heavy atom. The monoisotopic (exact) mass is 263 g/mol. The molecule has 2 aromatic carbocycles. The van der Waals surface area contributed by atoms with Crippen molar-refractivity contribution in [2.24, 2.45) is 5.11 Å². The number of aromatic hydroxyl groups is 1. The lowest BCUT2D eigenvalue weighted by atomic mass is 10.1. The molecule has 0 saturated heterocycles. The maximum atomic E-state index is 10.0. The Labute approximate surface area is 115 Å². The number of hydrogen-bond acceptors (Lipinski definition) is 3. The molecule has 0 aliphatic heterocycles. The zero-order chi connectivity index (χ0) is 13.9. The molecule has 20 heavy (non-hydrogen) atoms. The number of rotatable bonds is 3. The van der Waals surface area contributed by atoms with Gasteiger partial charge in [0.1, 0.15) is 0 Å². The van der Waals surface area contributed by atoms with Crippen molar-refractivity contribution in [3.05, 3.63) is 65.7 Å². The number of H-pyrrole nitrogens is 1. The van der Waals surface area contributed by atoms with E-state index in [1.807, 2.05) is 54.6 Å². The molecule has 1 heterocycles. The van der Waals surface area contributed by atoms with Crippen LogP contribution in [0, 0.1) is 5.53 Å². The number of nitrogens with one attached hydrogen (secondary N) is 2. The molecule has 0 radical (unpaired) electrons. The van der Waals surface area contributed by atoms with Gasteiger partial charge in [-0.25, -0.2) is 5.53 Å². The maximum Gasteiger partial charge on any atom is 0.196 e. The SMILES string of the molecule is N=N/C(=C\c1c(O)[nH]c2ccccc12)c1ccccc1. The minimum atomic E-state index is 0.0864. The molecule has 0 atom stereocenters. The Morgan fingerprint density at radius 3 is 2.50 bits per heavy atom. The third-order valence-electron chi connectivity index (χ3n) is 3.20. The molecule has 4 nitrogen and oxygen atoms in total. The minimum absolute atomic E-state index is 0.0864. The van der Waals surface area contributed by atoms with E-state index in [2.05, 4.69) is 10.1 Å². The van der Waals surface area contributed by atoms with Crippen LogP contribution >= 0.6 is 0 Å². The second kappa shape index (κ2) is 5.01. The van der Waals surface area contributed by atoms with E-state index < -0.39 is 0 Å². The van der Waals surface area contributed by atoms with Crippen molar-refractivity contribution < 1.29 is 5.11 Å². The quantitative estimate of drug-likeness (QED) is 0.602. The summed E-state index contributed by atoms with van der Waals surface area (Å²) in [5.41, 5.74) is 10.2. The summed E-state index contributed by atoms with van der Waals surface area (Å²) in [6.45, 7) is 0. The van der Waals surface area contributed by atoms with E-state index in [1.54, 1.807) is 6.08 Å². The topological polar surface area (TPSA) is 72.2 Å². The zero-order valence-electron chi connectivity index (χ0n) is 10.7. The fourth-order valence-corrected chi connectivity index (χ4v) is 2.22. The van der Waals surface area contributed by atoms with Crippen LogP contribution in [0.25, 0.3) is 22.7 Å². The molecule has 0 aliphatic rings. The Balaban J connectivity index is 2.18. The van der Waals surface area contributed by atoms with Crippen molar-refractivity contribution in [1.82, 2.24) is 4.98 Å². The zero-order valence-corrected chi connectivity index (χ0v) is 10.7. The van der Waals surface area contributed by atoms with Crippen molar-refractivity contribution in [3.8, 4) is 5.88 Å². The molecule has 0 spiro atoms. The number of aromatic amines is 1. The summed E-state index contributed by atoms with van der Waals surface area (Å²) in [6, 6.07) is 17.1. The van der Waals surface area contributed by atoms with Gasteiger partial charge in [-0.15, -0.1) is 0 Å². The Hall–Kier alpha value is -2.88. The van der Waals surface area contributed by atoms with E-state index in [9.17, 15) is 5.11 Å². The van der Waals surface area contributed by atoms with Crippen LogP contribution in [0.5, 0.6) is 5.88 Å². The van der Waals surface area contributed by atoms with Crippen LogP contribution in [0.1, 0.15) is 11.1 Å². The number of fused-ring (bicyclic) bond motifs is 1. The number of para-hydroxylation sites is 1. The number of hydrogen-bond donors (Lipinski definition) is 3. The number of benzene rings is 2. The van der Waals surface area contributed by atoms with Gasteiger partial charge < -0.3 is 10.1 Å². The summed E-state index contributed by atoms with van der Waals surface area (Å²) in [6.07, 6.45) is 1.72. The fraction of sp³-hybridized carbons (Fsp3) is 0. The standard InChI is InChI=1S/C16H13N3O/c17-19-15(11-6-2-1-3-7-11)10-13-12-8-4-5-9-14(12)18-16(13)20/h1-10,17-18,20H/b15-10-,19-17?. The van der Waals surface area contributed by atoms with Crippen molar-refractivity contribution in [3.63, 3.8) is 0 Å². The lowest BCUT2D eigenvalue weighted by Crippen LogP contribution is -1.80. The number of nitrogens with zero attached hydrogens (tertiary/aromatic N) is 1. The highest BCUT2D eigenvalue weighted by atomic mass is 16.3. The molecule has 0 aliphatic carbocycles. The summed E-state index contributed by atoms with van der Waals surface area (Å²) in [5, 5.41) is 14.5. The first-order chi connectivity index (χ1) is 9.79. The van der Waals surface area contributed by atoms with Gasteiger partial charge in [0.2, 0.25) is 0 Å². The summed E-state index contributed by atoms with van der Waals surface area (Å²) in [4.78, 5) is 2.92. The average Bonchev–Trinajstić information content (AvgIpc) is 2.81. The molecule has 3 rings (SSSR count). The normalized spacial score (nSPS) is 11.7. The lowest BCUT2D eigenvalue weighted by molar-refractivity contribution is 0.457. The molecule has 0 unspecified atom stereocenters. The molecule has 0 amide bonds. The molecule has 3 aromatic rings. The van der Waals surface area contributed by atoms with Gasteiger partial charge in [0.05, 0.1) is 5.70 Å². The second-order valence-electron chi connectivity index (χ2n) is 4.44.